The highest BCUT2D eigenvalue weighted by Crippen LogP contribution is 2.34. The summed E-state index contributed by atoms with van der Waals surface area (Å²) in [5.41, 5.74) is 0. The average molecular weight is 264 g/mol. The van der Waals surface area contributed by atoms with E-state index < -0.39 is 0 Å². The maximum atomic E-state index is 12.1. The highest BCUT2D eigenvalue weighted by atomic mass is 16.2. The Morgan fingerprint density at radius 2 is 1.84 bits per heavy atom. The number of carbonyl (C=O) groups is 3. The fourth-order valence-electron chi connectivity index (χ4n) is 2.77. The molecule has 0 spiro atoms. The zero-order valence-electron chi connectivity index (χ0n) is 11.2. The van der Waals surface area contributed by atoms with E-state index in [2.05, 4.69) is 5.32 Å². The van der Waals surface area contributed by atoms with Crippen molar-refractivity contribution >= 4 is 17.7 Å². The Kier molecular flexibility index (Phi) is 4.35. The fourth-order valence-corrected chi connectivity index (χ4v) is 2.77. The molecule has 1 heterocycles. The van der Waals surface area contributed by atoms with Crippen molar-refractivity contribution in [1.29, 1.82) is 0 Å². The van der Waals surface area contributed by atoms with E-state index in [0.717, 1.165) is 0 Å². The second-order valence-corrected chi connectivity index (χ2v) is 5.04. The lowest BCUT2D eigenvalue weighted by atomic mass is 9.85. The predicted molar refractivity (Wildman–Crippen MR) is 70.0 cm³/mol. The third-order valence-corrected chi connectivity index (χ3v) is 3.76. The lowest BCUT2D eigenvalue weighted by Gasteiger charge is -2.14. The summed E-state index contributed by atoms with van der Waals surface area (Å²) in [6, 6.07) is 0. The van der Waals surface area contributed by atoms with Crippen LogP contribution in [0.3, 0.4) is 0 Å². The van der Waals surface area contributed by atoms with Crippen LogP contribution in [0.5, 0.6) is 0 Å². The molecule has 104 valence electrons. The Hall–Kier alpha value is -1.65. The van der Waals surface area contributed by atoms with Gasteiger partial charge in [-0.05, 0) is 26.2 Å². The van der Waals surface area contributed by atoms with Crippen LogP contribution in [-0.4, -0.2) is 35.7 Å². The van der Waals surface area contributed by atoms with Gasteiger partial charge >= 0.3 is 0 Å². The molecule has 5 heteroatoms. The van der Waals surface area contributed by atoms with Gasteiger partial charge in [-0.1, -0.05) is 12.2 Å². The summed E-state index contributed by atoms with van der Waals surface area (Å²) in [5.74, 6) is -0.477. The summed E-state index contributed by atoms with van der Waals surface area (Å²) in [6.07, 6.45) is 6.19. The van der Waals surface area contributed by atoms with E-state index in [1.54, 1.807) is 0 Å². The largest absolute Gasteiger partial charge is 0.356 e. The molecule has 1 fully saturated rings. The summed E-state index contributed by atoms with van der Waals surface area (Å²) in [4.78, 5) is 36.9. The molecule has 2 aliphatic rings. The van der Waals surface area contributed by atoms with Crippen LogP contribution in [0.2, 0.25) is 0 Å². The molecule has 1 aliphatic carbocycles. The molecule has 3 amide bonds. The number of carbonyl (C=O) groups excluding carboxylic acids is 3. The molecule has 2 rings (SSSR count). The van der Waals surface area contributed by atoms with Crippen molar-refractivity contribution in [1.82, 2.24) is 10.2 Å². The number of hydrogen-bond acceptors (Lipinski definition) is 3. The van der Waals surface area contributed by atoms with Crippen LogP contribution in [-0.2, 0) is 14.4 Å². The zero-order chi connectivity index (χ0) is 13.8. The minimum Gasteiger partial charge on any atom is -0.356 e. The van der Waals surface area contributed by atoms with Crippen LogP contribution in [0, 0.1) is 11.8 Å². The van der Waals surface area contributed by atoms with Crippen molar-refractivity contribution < 1.29 is 14.4 Å². The number of amides is 3. The van der Waals surface area contributed by atoms with Crippen LogP contribution >= 0.6 is 0 Å². The van der Waals surface area contributed by atoms with Gasteiger partial charge in [-0.2, -0.15) is 0 Å². The number of nitrogens with zero attached hydrogens (tertiary/aromatic N) is 1. The van der Waals surface area contributed by atoms with Gasteiger partial charge in [0.15, 0.2) is 0 Å². The number of likely N-dealkylation sites (tertiary alicyclic amines) is 1. The Bertz CT molecular complexity index is 391. The van der Waals surface area contributed by atoms with Crippen molar-refractivity contribution in [2.24, 2.45) is 11.8 Å². The first-order valence-electron chi connectivity index (χ1n) is 6.92. The molecular formula is C14H20N2O3. The fraction of sp³-hybridized carbons (Fsp3) is 0.643. The first-order valence-corrected chi connectivity index (χ1v) is 6.92. The standard InChI is InChI=1S/C14H20N2O3/c1-2-15-12(17)8-5-9-16-13(18)10-6-3-4-7-11(10)14(16)19/h3-4,10-11H,2,5-9H2,1H3,(H,15,17)/t10-,11+. The smallest absolute Gasteiger partial charge is 0.233 e. The van der Waals surface area contributed by atoms with Gasteiger partial charge in [0.2, 0.25) is 17.7 Å². The van der Waals surface area contributed by atoms with Crippen molar-refractivity contribution in [3.63, 3.8) is 0 Å². The topological polar surface area (TPSA) is 66.5 Å². The van der Waals surface area contributed by atoms with Crippen LogP contribution in [0.1, 0.15) is 32.6 Å². The first kappa shape index (κ1) is 13.8. The highest BCUT2D eigenvalue weighted by Gasteiger charge is 2.46. The molecule has 2 atom stereocenters. The van der Waals surface area contributed by atoms with Crippen LogP contribution < -0.4 is 5.32 Å². The second-order valence-electron chi connectivity index (χ2n) is 5.04. The third kappa shape index (κ3) is 2.85. The lowest BCUT2D eigenvalue weighted by Crippen LogP contribution is -2.33. The van der Waals surface area contributed by atoms with Crippen LogP contribution in [0.4, 0.5) is 0 Å². The maximum absolute atomic E-state index is 12.1. The van der Waals surface area contributed by atoms with Gasteiger partial charge in [0.1, 0.15) is 0 Å². The van der Waals surface area contributed by atoms with Gasteiger partial charge in [0.05, 0.1) is 11.8 Å². The first-order chi connectivity index (χ1) is 9.15. The van der Waals surface area contributed by atoms with E-state index in [1.807, 2.05) is 19.1 Å². The molecule has 1 N–H and O–H groups in total. The number of allylic oxidation sites excluding steroid dienone is 2. The average Bonchev–Trinajstić information content (AvgIpc) is 2.65. The van der Waals surface area contributed by atoms with E-state index in [-0.39, 0.29) is 29.6 Å². The van der Waals surface area contributed by atoms with Crippen molar-refractivity contribution in [2.75, 3.05) is 13.1 Å². The minimum atomic E-state index is -0.165. The van der Waals surface area contributed by atoms with Crippen LogP contribution in [0.15, 0.2) is 12.2 Å². The number of imide groups is 1. The van der Waals surface area contributed by atoms with E-state index in [4.69, 9.17) is 0 Å². The Morgan fingerprint density at radius 3 is 2.37 bits per heavy atom. The highest BCUT2D eigenvalue weighted by molar-refractivity contribution is 6.05. The van der Waals surface area contributed by atoms with E-state index >= 15 is 0 Å². The molecule has 5 nitrogen and oxygen atoms in total. The van der Waals surface area contributed by atoms with Gasteiger partial charge in [-0.15, -0.1) is 0 Å². The quantitative estimate of drug-likeness (QED) is 0.591. The molecule has 0 radical (unpaired) electrons. The Labute approximate surface area is 113 Å². The predicted octanol–water partition coefficient (Wildman–Crippen LogP) is 0.854. The van der Waals surface area contributed by atoms with Gasteiger partial charge in [0, 0.05) is 19.5 Å². The monoisotopic (exact) mass is 264 g/mol. The van der Waals surface area contributed by atoms with Gasteiger partial charge in [0.25, 0.3) is 0 Å². The molecule has 0 aromatic carbocycles. The summed E-state index contributed by atoms with van der Waals surface area (Å²) in [6.45, 7) is 2.83. The number of fused-ring (bicyclic) bond motifs is 1. The Morgan fingerprint density at radius 1 is 1.26 bits per heavy atom. The number of rotatable bonds is 5. The Balaban J connectivity index is 1.86. The molecule has 0 aromatic heterocycles. The van der Waals surface area contributed by atoms with Crippen LogP contribution in [0.25, 0.3) is 0 Å². The molecule has 0 bridgehead atoms. The summed E-state index contributed by atoms with van der Waals surface area (Å²) >= 11 is 0. The molecule has 19 heavy (non-hydrogen) atoms. The van der Waals surface area contributed by atoms with Gasteiger partial charge < -0.3 is 5.32 Å². The minimum absolute atomic E-state index is 0.0272. The lowest BCUT2D eigenvalue weighted by molar-refractivity contribution is -0.140. The zero-order valence-corrected chi connectivity index (χ0v) is 11.2. The van der Waals surface area contributed by atoms with Crippen molar-refractivity contribution in [3.05, 3.63) is 12.2 Å². The maximum Gasteiger partial charge on any atom is 0.233 e. The van der Waals surface area contributed by atoms with Gasteiger partial charge in [-0.3, -0.25) is 19.3 Å². The molecule has 0 aromatic rings. The molecule has 1 aliphatic heterocycles. The summed E-state index contributed by atoms with van der Waals surface area (Å²) in [7, 11) is 0. The van der Waals surface area contributed by atoms with E-state index in [9.17, 15) is 14.4 Å². The molecule has 0 unspecified atom stereocenters. The van der Waals surface area contributed by atoms with E-state index in [0.29, 0.717) is 38.8 Å². The van der Waals surface area contributed by atoms with E-state index in [1.165, 1.54) is 4.90 Å². The van der Waals surface area contributed by atoms with Gasteiger partial charge in [-0.25, -0.2) is 0 Å². The SMILES string of the molecule is CCNC(=O)CCCN1C(=O)[C@H]2CC=CC[C@H]2C1=O. The third-order valence-electron chi connectivity index (χ3n) is 3.76. The molecule has 0 saturated carbocycles. The second kappa shape index (κ2) is 5.99. The number of nitrogens with one attached hydrogen (secondary N) is 1. The van der Waals surface area contributed by atoms with Crippen molar-refractivity contribution in [2.45, 2.75) is 32.6 Å². The molecular weight excluding hydrogens is 244 g/mol. The number of hydrogen-bond donors (Lipinski definition) is 1. The summed E-state index contributed by atoms with van der Waals surface area (Å²) < 4.78 is 0. The van der Waals surface area contributed by atoms with Crippen molar-refractivity contribution in [3.8, 4) is 0 Å². The molecule has 1 saturated heterocycles. The summed E-state index contributed by atoms with van der Waals surface area (Å²) in [5, 5.41) is 2.71. The normalized spacial score (nSPS) is 25.6.